The lowest BCUT2D eigenvalue weighted by Crippen LogP contribution is -2.49. The highest BCUT2D eigenvalue weighted by molar-refractivity contribution is 7.89. The molecule has 168 valence electrons. The van der Waals surface area contributed by atoms with Crippen LogP contribution < -0.4 is 4.74 Å². The lowest BCUT2D eigenvalue weighted by molar-refractivity contribution is 0.0752. The number of aliphatic hydroxyl groups excluding tert-OH is 1. The Labute approximate surface area is 181 Å². The fourth-order valence-electron chi connectivity index (χ4n) is 3.51. The van der Waals surface area contributed by atoms with Gasteiger partial charge in [0.05, 0.1) is 6.61 Å². The van der Waals surface area contributed by atoms with Crippen molar-refractivity contribution in [1.82, 2.24) is 9.21 Å². The van der Waals surface area contributed by atoms with Crippen LogP contribution >= 0.6 is 0 Å². The van der Waals surface area contributed by atoms with Crippen LogP contribution in [0.1, 0.15) is 32.8 Å². The first kappa shape index (κ1) is 24.6. The monoisotopic (exact) mass is 438 g/mol. The number of methoxy groups -OCH3 is 1. The summed E-state index contributed by atoms with van der Waals surface area (Å²) in [5.74, 6) is 6.10. The maximum absolute atomic E-state index is 13.4. The van der Waals surface area contributed by atoms with Gasteiger partial charge in [-0.3, -0.25) is 0 Å². The molecule has 0 saturated carbocycles. The van der Waals surface area contributed by atoms with Gasteiger partial charge in [0.2, 0.25) is 10.0 Å². The molecule has 8 heteroatoms. The molecular formula is C22H34N2O5S. The SMILES string of the molecule is CCCN(C)C[C@H]1Oc2cc(C#CCOC)ccc2S(=O)(=O)N([C@@H](C)CO)C[C@H]1C. The molecule has 0 fully saturated rings. The minimum absolute atomic E-state index is 0.0653. The van der Waals surface area contributed by atoms with Crippen LogP contribution in [-0.4, -0.2) is 81.9 Å². The minimum Gasteiger partial charge on any atom is -0.487 e. The molecule has 3 atom stereocenters. The number of likely N-dealkylation sites (N-methyl/N-ethyl adjacent to an activating group) is 1. The molecule has 0 aromatic heterocycles. The molecule has 0 unspecified atom stereocenters. The van der Waals surface area contributed by atoms with Crippen molar-refractivity contribution >= 4 is 10.0 Å². The van der Waals surface area contributed by atoms with Crippen molar-refractivity contribution < 1.29 is 23.0 Å². The van der Waals surface area contributed by atoms with E-state index >= 15 is 0 Å². The van der Waals surface area contributed by atoms with Crippen LogP contribution in [-0.2, 0) is 14.8 Å². The average molecular weight is 439 g/mol. The summed E-state index contributed by atoms with van der Waals surface area (Å²) in [6.45, 7) is 7.76. The van der Waals surface area contributed by atoms with E-state index in [9.17, 15) is 13.5 Å². The molecule has 2 rings (SSSR count). The maximum Gasteiger partial charge on any atom is 0.247 e. The van der Waals surface area contributed by atoms with E-state index in [1.165, 1.54) is 4.31 Å². The molecule has 0 radical (unpaired) electrons. The number of hydrogen-bond donors (Lipinski definition) is 1. The highest BCUT2D eigenvalue weighted by Crippen LogP contribution is 2.34. The third kappa shape index (κ3) is 5.96. The van der Waals surface area contributed by atoms with Crippen molar-refractivity contribution in [3.8, 4) is 17.6 Å². The van der Waals surface area contributed by atoms with E-state index in [0.29, 0.717) is 24.5 Å². The molecule has 1 aromatic carbocycles. The summed E-state index contributed by atoms with van der Waals surface area (Å²) in [5.41, 5.74) is 0.664. The number of fused-ring (bicyclic) bond motifs is 1. The Bertz CT molecular complexity index is 862. The van der Waals surface area contributed by atoms with Crippen molar-refractivity contribution in [2.45, 2.75) is 44.2 Å². The molecule has 1 aromatic rings. The second-order valence-corrected chi connectivity index (χ2v) is 9.76. The summed E-state index contributed by atoms with van der Waals surface area (Å²) in [5, 5.41) is 9.69. The molecule has 1 heterocycles. The number of nitrogens with zero attached hydrogens (tertiary/aromatic N) is 2. The van der Waals surface area contributed by atoms with E-state index in [-0.39, 0.29) is 30.1 Å². The summed E-state index contributed by atoms with van der Waals surface area (Å²) in [4.78, 5) is 2.30. The lowest BCUT2D eigenvalue weighted by Gasteiger charge is -2.37. The van der Waals surface area contributed by atoms with E-state index in [2.05, 4.69) is 23.7 Å². The predicted molar refractivity (Wildman–Crippen MR) is 117 cm³/mol. The quantitative estimate of drug-likeness (QED) is 0.654. The third-order valence-electron chi connectivity index (χ3n) is 5.21. The number of sulfonamides is 1. The van der Waals surface area contributed by atoms with Gasteiger partial charge < -0.3 is 19.5 Å². The van der Waals surface area contributed by atoms with Gasteiger partial charge in [0.15, 0.2) is 0 Å². The Hall–Kier alpha value is -1.63. The Morgan fingerprint density at radius 3 is 2.80 bits per heavy atom. The van der Waals surface area contributed by atoms with E-state index in [0.717, 1.165) is 13.0 Å². The van der Waals surface area contributed by atoms with Gasteiger partial charge in [0.1, 0.15) is 23.4 Å². The molecule has 0 saturated heterocycles. The number of rotatable bonds is 7. The van der Waals surface area contributed by atoms with Gasteiger partial charge >= 0.3 is 0 Å². The predicted octanol–water partition coefficient (Wildman–Crippen LogP) is 1.79. The maximum atomic E-state index is 13.4. The normalized spacial score (nSPS) is 22.2. The average Bonchev–Trinajstić information content (AvgIpc) is 2.70. The van der Waals surface area contributed by atoms with Crippen molar-refractivity contribution in [1.29, 1.82) is 0 Å². The first-order valence-corrected chi connectivity index (χ1v) is 11.8. The van der Waals surface area contributed by atoms with E-state index in [4.69, 9.17) is 9.47 Å². The van der Waals surface area contributed by atoms with Crippen LogP contribution in [0.2, 0.25) is 0 Å². The molecule has 0 spiro atoms. The van der Waals surface area contributed by atoms with Crippen LogP contribution in [0.25, 0.3) is 0 Å². The van der Waals surface area contributed by atoms with E-state index in [1.54, 1.807) is 32.2 Å². The van der Waals surface area contributed by atoms with Gasteiger partial charge in [-0.05, 0) is 45.1 Å². The summed E-state index contributed by atoms with van der Waals surface area (Å²) < 4.78 is 39.4. The van der Waals surface area contributed by atoms with Gasteiger partial charge in [-0.1, -0.05) is 25.7 Å². The van der Waals surface area contributed by atoms with Gasteiger partial charge in [-0.2, -0.15) is 4.31 Å². The van der Waals surface area contributed by atoms with E-state index < -0.39 is 16.1 Å². The highest BCUT2D eigenvalue weighted by atomic mass is 32.2. The number of hydrogen-bond acceptors (Lipinski definition) is 6. The molecule has 1 N–H and O–H groups in total. The van der Waals surface area contributed by atoms with Crippen LogP contribution in [0, 0.1) is 17.8 Å². The first-order chi connectivity index (χ1) is 14.2. The van der Waals surface area contributed by atoms with E-state index in [1.807, 2.05) is 14.0 Å². The second-order valence-electron chi connectivity index (χ2n) is 7.90. The zero-order valence-electron chi connectivity index (χ0n) is 18.6. The Morgan fingerprint density at radius 2 is 2.17 bits per heavy atom. The third-order valence-corrected chi connectivity index (χ3v) is 7.23. The molecular weight excluding hydrogens is 404 g/mol. The Morgan fingerprint density at radius 1 is 1.43 bits per heavy atom. The highest BCUT2D eigenvalue weighted by Gasteiger charge is 2.38. The number of aliphatic hydroxyl groups is 1. The second kappa shape index (κ2) is 11.1. The van der Waals surface area contributed by atoms with Crippen molar-refractivity contribution in [2.75, 3.05) is 47.0 Å². The Kier molecular flexibility index (Phi) is 9.13. The fraction of sp³-hybridized carbons (Fsp3) is 0.636. The molecule has 30 heavy (non-hydrogen) atoms. The molecule has 0 amide bonds. The standard InChI is InChI=1S/C22H34N2O5S/c1-6-11-23(4)15-21-17(2)14-24(18(3)16-25)30(26,27)22-10-9-19(8-7-12-28-5)13-20(22)29-21/h9-10,13,17-18,21,25H,6,11-12,14-16H2,1-5H3/t17-,18+,21-/m1/s1. The largest absolute Gasteiger partial charge is 0.487 e. The zero-order valence-corrected chi connectivity index (χ0v) is 19.4. The first-order valence-electron chi connectivity index (χ1n) is 10.3. The molecule has 7 nitrogen and oxygen atoms in total. The molecule has 0 bridgehead atoms. The number of benzene rings is 1. The number of ether oxygens (including phenoxy) is 2. The molecule has 1 aliphatic rings. The lowest BCUT2D eigenvalue weighted by atomic mass is 10.0. The van der Waals surface area contributed by atoms with Crippen molar-refractivity contribution in [2.24, 2.45) is 5.92 Å². The molecule has 0 aliphatic carbocycles. The zero-order chi connectivity index (χ0) is 22.3. The molecule has 1 aliphatic heterocycles. The fourth-order valence-corrected chi connectivity index (χ4v) is 5.34. The van der Waals surface area contributed by atoms with Gasteiger partial charge in [-0.15, -0.1) is 0 Å². The van der Waals surface area contributed by atoms with Crippen LogP contribution in [0.3, 0.4) is 0 Å². The van der Waals surface area contributed by atoms with Gasteiger partial charge in [0, 0.05) is 37.7 Å². The summed E-state index contributed by atoms with van der Waals surface area (Å²) >= 11 is 0. The van der Waals surface area contributed by atoms with Gasteiger partial charge in [0.25, 0.3) is 0 Å². The van der Waals surface area contributed by atoms with Crippen LogP contribution in [0.15, 0.2) is 23.1 Å². The summed E-state index contributed by atoms with van der Waals surface area (Å²) in [6, 6.07) is 4.37. The van der Waals surface area contributed by atoms with Gasteiger partial charge in [-0.25, -0.2) is 8.42 Å². The van der Waals surface area contributed by atoms with Crippen molar-refractivity contribution in [3.05, 3.63) is 23.8 Å². The smallest absolute Gasteiger partial charge is 0.247 e. The topological polar surface area (TPSA) is 79.3 Å². The van der Waals surface area contributed by atoms with Crippen molar-refractivity contribution in [3.63, 3.8) is 0 Å². The summed E-state index contributed by atoms with van der Waals surface area (Å²) in [6.07, 6.45) is 0.821. The summed E-state index contributed by atoms with van der Waals surface area (Å²) in [7, 11) is -0.221. The van der Waals surface area contributed by atoms with Crippen LogP contribution in [0.5, 0.6) is 5.75 Å². The minimum atomic E-state index is -3.83. The van der Waals surface area contributed by atoms with Crippen LogP contribution in [0.4, 0.5) is 0 Å². The Balaban J connectivity index is 2.53.